The largest absolute Gasteiger partial charge is 0.496 e. The van der Waals surface area contributed by atoms with Gasteiger partial charge < -0.3 is 9.84 Å². The van der Waals surface area contributed by atoms with Crippen molar-refractivity contribution >= 4 is 15.9 Å². The van der Waals surface area contributed by atoms with Crippen molar-refractivity contribution in [2.24, 2.45) is 5.92 Å². The highest BCUT2D eigenvalue weighted by molar-refractivity contribution is 9.10. The number of halogens is 1. The van der Waals surface area contributed by atoms with Crippen LogP contribution in [0.15, 0.2) is 22.7 Å². The van der Waals surface area contributed by atoms with Crippen LogP contribution in [0.3, 0.4) is 0 Å². The Balaban J connectivity index is 2.80. The SMILES string of the molecule is COc1ccc(Br)cc1C(O)CCC(C)C. The van der Waals surface area contributed by atoms with Gasteiger partial charge >= 0.3 is 0 Å². The molecule has 1 rings (SSSR count). The van der Waals surface area contributed by atoms with E-state index in [0.717, 1.165) is 28.6 Å². The van der Waals surface area contributed by atoms with Crippen LogP contribution in [-0.4, -0.2) is 12.2 Å². The first kappa shape index (κ1) is 13.5. The van der Waals surface area contributed by atoms with Crippen molar-refractivity contribution in [2.75, 3.05) is 7.11 Å². The van der Waals surface area contributed by atoms with Crippen molar-refractivity contribution in [3.63, 3.8) is 0 Å². The van der Waals surface area contributed by atoms with Crippen LogP contribution >= 0.6 is 15.9 Å². The van der Waals surface area contributed by atoms with Crippen LogP contribution in [0.1, 0.15) is 38.4 Å². The zero-order chi connectivity index (χ0) is 12.1. The van der Waals surface area contributed by atoms with Crippen molar-refractivity contribution < 1.29 is 9.84 Å². The van der Waals surface area contributed by atoms with Gasteiger partial charge in [-0.15, -0.1) is 0 Å². The maximum atomic E-state index is 10.1. The lowest BCUT2D eigenvalue weighted by atomic mass is 9.99. The number of rotatable bonds is 5. The topological polar surface area (TPSA) is 29.5 Å². The summed E-state index contributed by atoms with van der Waals surface area (Å²) in [5.41, 5.74) is 0.859. The number of aliphatic hydroxyl groups excluding tert-OH is 1. The molecule has 0 aliphatic rings. The fraction of sp³-hybridized carbons (Fsp3) is 0.538. The molecule has 1 unspecified atom stereocenters. The Morgan fingerprint density at radius 2 is 2.00 bits per heavy atom. The van der Waals surface area contributed by atoms with Crippen LogP contribution in [0.5, 0.6) is 5.75 Å². The van der Waals surface area contributed by atoms with Gasteiger partial charge in [0, 0.05) is 10.0 Å². The second-order valence-electron chi connectivity index (χ2n) is 4.37. The molecule has 1 N–H and O–H groups in total. The van der Waals surface area contributed by atoms with Crippen LogP contribution in [0, 0.1) is 5.92 Å². The third-order valence-corrected chi connectivity index (χ3v) is 3.06. The summed E-state index contributed by atoms with van der Waals surface area (Å²) in [5, 5.41) is 10.1. The Morgan fingerprint density at radius 3 is 2.56 bits per heavy atom. The van der Waals surface area contributed by atoms with E-state index in [0.29, 0.717) is 5.92 Å². The highest BCUT2D eigenvalue weighted by atomic mass is 79.9. The van der Waals surface area contributed by atoms with Crippen molar-refractivity contribution in [1.29, 1.82) is 0 Å². The fourth-order valence-electron chi connectivity index (χ4n) is 1.61. The van der Waals surface area contributed by atoms with Crippen LogP contribution in [0.25, 0.3) is 0 Å². The van der Waals surface area contributed by atoms with Gasteiger partial charge in [0.05, 0.1) is 13.2 Å². The van der Waals surface area contributed by atoms with Gasteiger partial charge in [0.1, 0.15) is 5.75 Å². The zero-order valence-corrected chi connectivity index (χ0v) is 11.6. The Hall–Kier alpha value is -0.540. The molecule has 0 saturated heterocycles. The van der Waals surface area contributed by atoms with Crippen molar-refractivity contribution in [1.82, 2.24) is 0 Å². The van der Waals surface area contributed by atoms with Crippen LogP contribution < -0.4 is 4.74 Å². The second-order valence-corrected chi connectivity index (χ2v) is 5.29. The minimum absolute atomic E-state index is 0.449. The molecule has 1 atom stereocenters. The summed E-state index contributed by atoms with van der Waals surface area (Å²) in [6, 6.07) is 5.71. The molecule has 0 fully saturated rings. The number of ether oxygens (including phenoxy) is 1. The Labute approximate surface area is 106 Å². The molecule has 0 saturated carbocycles. The summed E-state index contributed by atoms with van der Waals surface area (Å²) in [7, 11) is 1.63. The average molecular weight is 287 g/mol. The van der Waals surface area contributed by atoms with Gasteiger partial charge in [0.25, 0.3) is 0 Å². The molecule has 3 heteroatoms. The molecule has 90 valence electrons. The van der Waals surface area contributed by atoms with Gasteiger partial charge in [-0.05, 0) is 37.0 Å². The molecule has 0 amide bonds. The Kier molecular flexibility index (Phi) is 5.29. The normalized spacial score (nSPS) is 12.9. The molecule has 1 aromatic carbocycles. The summed E-state index contributed by atoms with van der Waals surface area (Å²) in [6.07, 6.45) is 1.33. The summed E-state index contributed by atoms with van der Waals surface area (Å²) >= 11 is 3.41. The first-order valence-corrected chi connectivity index (χ1v) is 6.35. The molecule has 0 spiro atoms. The van der Waals surface area contributed by atoms with Gasteiger partial charge in [-0.1, -0.05) is 29.8 Å². The average Bonchev–Trinajstić information content (AvgIpc) is 2.25. The number of hydrogen-bond acceptors (Lipinski definition) is 2. The predicted molar refractivity (Wildman–Crippen MR) is 69.7 cm³/mol. The Morgan fingerprint density at radius 1 is 1.31 bits per heavy atom. The van der Waals surface area contributed by atoms with Gasteiger partial charge in [-0.2, -0.15) is 0 Å². The molecule has 1 aromatic rings. The quantitative estimate of drug-likeness (QED) is 0.889. The van der Waals surface area contributed by atoms with E-state index in [2.05, 4.69) is 29.8 Å². The first-order chi connectivity index (χ1) is 7.54. The van der Waals surface area contributed by atoms with Crippen molar-refractivity contribution in [3.8, 4) is 5.75 Å². The van der Waals surface area contributed by atoms with Gasteiger partial charge in [-0.3, -0.25) is 0 Å². The van der Waals surface area contributed by atoms with E-state index < -0.39 is 6.10 Å². The fourth-order valence-corrected chi connectivity index (χ4v) is 1.99. The van der Waals surface area contributed by atoms with E-state index in [-0.39, 0.29) is 0 Å². The summed E-state index contributed by atoms with van der Waals surface area (Å²) in [5.74, 6) is 1.35. The third-order valence-electron chi connectivity index (χ3n) is 2.57. The van der Waals surface area contributed by atoms with Gasteiger partial charge in [0.15, 0.2) is 0 Å². The van der Waals surface area contributed by atoms with Crippen molar-refractivity contribution in [2.45, 2.75) is 32.8 Å². The standard InChI is InChI=1S/C13H19BrO2/c1-9(2)4-6-12(15)11-8-10(14)5-7-13(11)16-3/h5,7-9,12,15H,4,6H2,1-3H3. The van der Waals surface area contributed by atoms with E-state index in [4.69, 9.17) is 4.74 Å². The van der Waals surface area contributed by atoms with Crippen LogP contribution in [0.4, 0.5) is 0 Å². The third kappa shape index (κ3) is 3.80. The van der Waals surface area contributed by atoms with E-state index >= 15 is 0 Å². The summed E-state index contributed by atoms with van der Waals surface area (Å²) in [6.45, 7) is 4.32. The molecule has 0 bridgehead atoms. The number of methoxy groups -OCH3 is 1. The molecule has 0 heterocycles. The Bertz CT molecular complexity index is 337. The van der Waals surface area contributed by atoms with E-state index in [1.54, 1.807) is 7.11 Å². The molecule has 0 aliphatic heterocycles. The van der Waals surface area contributed by atoms with Crippen molar-refractivity contribution in [3.05, 3.63) is 28.2 Å². The smallest absolute Gasteiger partial charge is 0.124 e. The van der Waals surface area contributed by atoms with E-state index in [1.165, 1.54) is 0 Å². The summed E-state index contributed by atoms with van der Waals surface area (Å²) in [4.78, 5) is 0. The molecule has 0 aromatic heterocycles. The highest BCUT2D eigenvalue weighted by Gasteiger charge is 2.14. The van der Waals surface area contributed by atoms with E-state index in [1.807, 2.05) is 18.2 Å². The first-order valence-electron chi connectivity index (χ1n) is 5.56. The maximum absolute atomic E-state index is 10.1. The molecule has 0 aliphatic carbocycles. The lowest BCUT2D eigenvalue weighted by Crippen LogP contribution is -2.02. The van der Waals surface area contributed by atoms with E-state index in [9.17, 15) is 5.11 Å². The lowest BCUT2D eigenvalue weighted by molar-refractivity contribution is 0.155. The zero-order valence-electron chi connectivity index (χ0n) is 10.0. The molecule has 0 radical (unpaired) electrons. The number of benzene rings is 1. The predicted octanol–water partition coefficient (Wildman–Crippen LogP) is 3.93. The monoisotopic (exact) mass is 286 g/mol. The molecular formula is C13H19BrO2. The number of hydrogen-bond donors (Lipinski definition) is 1. The number of aliphatic hydroxyl groups is 1. The molecule has 16 heavy (non-hydrogen) atoms. The summed E-state index contributed by atoms with van der Waals surface area (Å²) < 4.78 is 6.21. The molecule has 2 nitrogen and oxygen atoms in total. The minimum atomic E-state index is -0.449. The van der Waals surface area contributed by atoms with Gasteiger partial charge in [0.2, 0.25) is 0 Å². The minimum Gasteiger partial charge on any atom is -0.496 e. The maximum Gasteiger partial charge on any atom is 0.124 e. The lowest BCUT2D eigenvalue weighted by Gasteiger charge is -2.16. The van der Waals surface area contributed by atoms with Crippen LogP contribution in [0.2, 0.25) is 0 Å². The highest BCUT2D eigenvalue weighted by Crippen LogP contribution is 2.31. The van der Waals surface area contributed by atoms with Gasteiger partial charge in [-0.25, -0.2) is 0 Å². The van der Waals surface area contributed by atoms with Crippen LogP contribution in [-0.2, 0) is 0 Å². The second kappa shape index (κ2) is 6.26. The molecular weight excluding hydrogens is 268 g/mol.